The summed E-state index contributed by atoms with van der Waals surface area (Å²) in [6.45, 7) is 1.36. The van der Waals surface area contributed by atoms with Crippen LogP contribution in [0.15, 0.2) is 77.0 Å². The third kappa shape index (κ3) is 6.96. The van der Waals surface area contributed by atoms with Gasteiger partial charge in [0, 0.05) is 12.1 Å². The summed E-state index contributed by atoms with van der Waals surface area (Å²) in [6, 6.07) is 18.2. The van der Waals surface area contributed by atoms with E-state index in [1.54, 1.807) is 48.5 Å². The van der Waals surface area contributed by atoms with Crippen molar-refractivity contribution < 1.29 is 18.3 Å². The summed E-state index contributed by atoms with van der Waals surface area (Å²) in [5, 5.41) is 14.5. The first-order valence-corrected chi connectivity index (χ1v) is 14.6. The summed E-state index contributed by atoms with van der Waals surface area (Å²) >= 11 is 3.55. The van der Waals surface area contributed by atoms with Crippen molar-refractivity contribution in [1.82, 2.24) is 20.2 Å². The molecule has 1 aliphatic heterocycles. The van der Waals surface area contributed by atoms with Crippen LogP contribution in [0.2, 0.25) is 5.02 Å². The molecule has 2 unspecified atom stereocenters. The summed E-state index contributed by atoms with van der Waals surface area (Å²) in [4.78, 5) is 25.7. The molecule has 0 saturated carbocycles. The summed E-state index contributed by atoms with van der Waals surface area (Å²) in [5.41, 5.74) is 1.67. The van der Waals surface area contributed by atoms with Gasteiger partial charge < -0.3 is 19.9 Å². The number of piperidine rings is 1. The molecule has 12 nitrogen and oxygen atoms in total. The quantitative estimate of drug-likeness (QED) is 0.149. The molecular weight excluding hydrogens is 580 g/mol. The van der Waals surface area contributed by atoms with Gasteiger partial charge in [-0.05, 0) is 61.9 Å². The maximum absolute atomic E-state index is 12.8. The van der Waals surface area contributed by atoms with Crippen LogP contribution < -0.4 is 24.6 Å². The Bertz CT molecular complexity index is 1690. The van der Waals surface area contributed by atoms with Crippen LogP contribution in [-0.2, 0) is 11.3 Å². The van der Waals surface area contributed by atoms with Gasteiger partial charge in [0.25, 0.3) is 0 Å². The van der Waals surface area contributed by atoms with Gasteiger partial charge in [-0.1, -0.05) is 36.2 Å². The monoisotopic (exact) mass is 606 g/mol. The average Bonchev–Trinajstić information content (AvgIpc) is 3.01. The van der Waals surface area contributed by atoms with Gasteiger partial charge >= 0.3 is 5.91 Å². The first-order valence-electron chi connectivity index (χ1n) is 13.1. The van der Waals surface area contributed by atoms with Gasteiger partial charge in [-0.25, -0.2) is 9.97 Å². The number of methoxy groups -OCH3 is 1. The molecule has 1 amide bonds. The molecule has 0 spiro atoms. The Balaban J connectivity index is 1.49. The maximum atomic E-state index is 12.8. The normalized spacial score (nSPS) is 15.4. The molecule has 42 heavy (non-hydrogen) atoms. The Kier molecular flexibility index (Phi) is 9.47. The zero-order valence-electron chi connectivity index (χ0n) is 22.6. The zero-order chi connectivity index (χ0) is 29.5. The zero-order valence-corrected chi connectivity index (χ0v) is 24.1. The molecule has 1 saturated heterocycles. The summed E-state index contributed by atoms with van der Waals surface area (Å²) in [6.07, 6.45) is 3.25. The van der Waals surface area contributed by atoms with Gasteiger partial charge in [-0.3, -0.25) is 13.3 Å². The Morgan fingerprint density at radius 3 is 2.71 bits per heavy atom. The van der Waals surface area contributed by atoms with Crippen LogP contribution in [0.5, 0.6) is 5.75 Å². The maximum Gasteiger partial charge on any atom is 0.360 e. The number of carbonyl (C=O) groups is 1. The highest BCUT2D eigenvalue weighted by Gasteiger charge is 2.22. The molecule has 216 valence electrons. The third-order valence-electron chi connectivity index (χ3n) is 6.56. The van der Waals surface area contributed by atoms with E-state index in [0.29, 0.717) is 34.0 Å². The standard InChI is InChI=1S/C28H27ClN8O4S/c1-41-21-12-13-22(29)25(16-21)33-26-27(34-24-11-3-2-10-23(24)32-26)37(42(39)40)20-9-6-7-18(15-20)28(38)35-36-31-17-19-8-4-5-14-30-19/h2-3,6-7,9-13,15-16,19,30H,4-5,8,14,17H2,1H3,(H-,32,33,39,40). The Morgan fingerprint density at radius 2 is 1.98 bits per heavy atom. The van der Waals surface area contributed by atoms with E-state index in [1.165, 1.54) is 25.3 Å². The molecule has 0 bridgehead atoms. The fraction of sp³-hybridized carbons (Fsp3) is 0.250. The highest BCUT2D eigenvalue weighted by Crippen LogP contribution is 2.36. The lowest BCUT2D eigenvalue weighted by molar-refractivity contribution is 0.0992. The number of hydrogen-bond acceptors (Lipinski definition) is 9. The second-order valence-electron chi connectivity index (χ2n) is 9.38. The van der Waals surface area contributed by atoms with Crippen LogP contribution in [0.1, 0.15) is 29.6 Å². The van der Waals surface area contributed by atoms with Crippen molar-refractivity contribution in [2.24, 2.45) is 10.2 Å². The molecule has 5 rings (SSSR count). The van der Waals surface area contributed by atoms with E-state index in [1.807, 2.05) is 0 Å². The highest BCUT2D eigenvalue weighted by molar-refractivity contribution is 7.81. The van der Waals surface area contributed by atoms with Crippen molar-refractivity contribution in [3.63, 3.8) is 0 Å². The van der Waals surface area contributed by atoms with Crippen molar-refractivity contribution >= 4 is 62.8 Å². The molecule has 4 aromatic rings. The first kappa shape index (κ1) is 29.2. The van der Waals surface area contributed by atoms with E-state index in [4.69, 9.17) is 16.3 Å². The fourth-order valence-electron chi connectivity index (χ4n) is 4.46. The molecule has 2 atom stereocenters. The van der Waals surface area contributed by atoms with Crippen LogP contribution in [0.3, 0.4) is 0 Å². The van der Waals surface area contributed by atoms with E-state index < -0.39 is 17.2 Å². The second kappa shape index (κ2) is 13.6. The molecule has 1 aliphatic rings. The van der Waals surface area contributed by atoms with Crippen molar-refractivity contribution in [3.8, 4) is 5.75 Å². The van der Waals surface area contributed by atoms with Crippen LogP contribution in [0.25, 0.3) is 11.0 Å². The third-order valence-corrected chi connectivity index (χ3v) is 7.57. The minimum Gasteiger partial charge on any atom is -0.755 e. The minimum absolute atomic E-state index is 0.0397. The number of benzene rings is 3. The molecule has 14 heteroatoms. The number of anilines is 4. The van der Waals surface area contributed by atoms with Crippen molar-refractivity contribution in [2.75, 3.05) is 29.8 Å². The topological polar surface area (TPSA) is 158 Å². The predicted octanol–water partition coefficient (Wildman–Crippen LogP) is 5.22. The molecule has 1 aromatic heterocycles. The van der Waals surface area contributed by atoms with Crippen molar-refractivity contribution in [1.29, 1.82) is 0 Å². The van der Waals surface area contributed by atoms with Crippen LogP contribution in [0.4, 0.5) is 23.0 Å². The lowest BCUT2D eigenvalue weighted by atomic mass is 10.1. The fourth-order valence-corrected chi connectivity index (χ4v) is 5.18. The van der Waals surface area contributed by atoms with Gasteiger partial charge in [0.15, 0.2) is 11.6 Å². The summed E-state index contributed by atoms with van der Waals surface area (Å²) in [7, 11) is 1.52. The van der Waals surface area contributed by atoms with E-state index in [9.17, 15) is 13.6 Å². The number of aromatic nitrogens is 2. The van der Waals surface area contributed by atoms with Crippen molar-refractivity contribution in [3.05, 3.63) is 77.3 Å². The lowest BCUT2D eigenvalue weighted by Gasteiger charge is -2.27. The van der Waals surface area contributed by atoms with Gasteiger partial charge in [0.1, 0.15) is 17.4 Å². The van der Waals surface area contributed by atoms with Gasteiger partial charge in [0.2, 0.25) is 10.0 Å². The first-order chi connectivity index (χ1) is 20.4. The second-order valence-corrected chi connectivity index (χ2v) is 10.6. The lowest BCUT2D eigenvalue weighted by Crippen LogP contribution is -2.36. The van der Waals surface area contributed by atoms with Gasteiger partial charge in [0.05, 0.1) is 51.4 Å². The summed E-state index contributed by atoms with van der Waals surface area (Å²) < 4.78 is 31.6. The number of hydrogen-bond donors (Lipinski definition) is 2. The number of nitrogens with one attached hydrogen (secondary N) is 2. The Morgan fingerprint density at radius 1 is 1.17 bits per heavy atom. The number of amides is 1. The smallest absolute Gasteiger partial charge is 0.360 e. The van der Waals surface area contributed by atoms with Crippen molar-refractivity contribution in [2.45, 2.75) is 25.3 Å². The van der Waals surface area contributed by atoms with E-state index >= 15 is 0 Å². The number of nitrogens with zero attached hydrogens (tertiary/aromatic N) is 6. The van der Waals surface area contributed by atoms with Crippen LogP contribution in [0, 0.1) is 0 Å². The number of fused-ring (bicyclic) bond motifs is 1. The molecule has 1 fully saturated rings. The molecule has 3 aromatic carbocycles. The molecule has 2 heterocycles. The van der Waals surface area contributed by atoms with E-state index in [2.05, 4.69) is 35.7 Å². The molecular formula is C28H27ClN8O4S. The number of halogens is 1. The molecule has 2 N–H and O–H groups in total. The number of para-hydroxylation sites is 2. The van der Waals surface area contributed by atoms with Gasteiger partial charge in [-0.15, -0.1) is 0 Å². The van der Waals surface area contributed by atoms with E-state index in [-0.39, 0.29) is 28.9 Å². The Hall–Kier alpha value is -4.26. The highest BCUT2D eigenvalue weighted by atomic mass is 35.5. The number of rotatable bonds is 9. The molecule has 0 radical (unpaired) electrons. The predicted molar refractivity (Wildman–Crippen MR) is 160 cm³/mol. The van der Waals surface area contributed by atoms with Gasteiger partial charge in [-0.2, -0.15) is 0 Å². The number of carbonyl (C=O) groups excluding carboxylic acids is 1. The SMILES string of the molecule is COc1ccc(Cl)c(Nc2nc3ccccc3nc2N(c2cccc(C(=O)N=[N+]=NCC3CCCCN3)c2)S(=O)[O-])c1. The average molecular weight is 607 g/mol. The Labute approximate surface area is 249 Å². The van der Waals surface area contributed by atoms with Crippen LogP contribution in [-0.4, -0.2) is 50.9 Å². The molecule has 0 aliphatic carbocycles. The summed E-state index contributed by atoms with van der Waals surface area (Å²) in [5.74, 6) is -0.0646. The largest absolute Gasteiger partial charge is 0.755 e. The van der Waals surface area contributed by atoms with E-state index in [0.717, 1.165) is 30.1 Å². The number of ether oxygens (including phenoxy) is 1. The minimum atomic E-state index is -2.87. The van der Waals surface area contributed by atoms with Crippen LogP contribution >= 0.6 is 11.6 Å².